The number of ketones is 2. The van der Waals surface area contributed by atoms with Crippen LogP contribution in [0.5, 0.6) is 0 Å². The van der Waals surface area contributed by atoms with Crippen LogP contribution in [0.1, 0.15) is 33.2 Å². The Morgan fingerprint density at radius 3 is 1.93 bits per heavy atom. The first-order valence-electron chi connectivity index (χ1n) is 9.89. The fourth-order valence-corrected chi connectivity index (χ4v) is 4.71. The number of carbonyl (C=O) groups excluding carboxylic acids is 2. The van der Waals surface area contributed by atoms with Crippen LogP contribution in [0.25, 0.3) is 21.8 Å². The second kappa shape index (κ2) is 7.65. The Hall–Kier alpha value is -3.05. The first-order valence-corrected chi connectivity index (χ1v) is 12.4. The van der Waals surface area contributed by atoms with E-state index in [2.05, 4.69) is 11.5 Å². The highest BCUT2D eigenvalue weighted by Gasteiger charge is 2.22. The minimum absolute atomic E-state index is 0.0289. The maximum Gasteiger partial charge on any atom is 0.211 e. The first kappa shape index (κ1) is 20.2. The maximum absolute atomic E-state index is 12.9. The molecule has 0 fully saturated rings. The van der Waals surface area contributed by atoms with Gasteiger partial charge in [0, 0.05) is 45.0 Å². The van der Waals surface area contributed by atoms with E-state index in [4.69, 9.17) is 0 Å². The molecule has 0 saturated heterocycles. The Labute approximate surface area is 176 Å². The lowest BCUT2D eigenvalue weighted by atomic mass is 10.0. The molecule has 0 N–H and O–H groups in total. The number of Topliss-reactive ketones (excluding diaryl/α,β-unsaturated/α-hetero) is 1. The van der Waals surface area contributed by atoms with E-state index in [9.17, 15) is 13.8 Å². The van der Waals surface area contributed by atoms with Gasteiger partial charge in [0.05, 0.1) is 9.93 Å². The van der Waals surface area contributed by atoms with Crippen molar-refractivity contribution in [2.45, 2.75) is 13.5 Å². The number of benzene rings is 3. The van der Waals surface area contributed by atoms with Gasteiger partial charge in [0.1, 0.15) is 12.5 Å². The normalized spacial score (nSPS) is 11.8. The molecule has 30 heavy (non-hydrogen) atoms. The predicted octanol–water partition coefficient (Wildman–Crippen LogP) is 4.99. The molecule has 4 nitrogen and oxygen atoms in total. The summed E-state index contributed by atoms with van der Waals surface area (Å²) in [4.78, 5) is 25.6. The van der Waals surface area contributed by atoms with Crippen molar-refractivity contribution in [2.75, 3.05) is 18.3 Å². The standard InChI is InChI=1S/C25H24NO3S/c1-4-26-22-12-10-18(24(27)16-30(2,3)29)14-20(22)21-15-19(11-13-23(21)26)25(28)17-8-6-5-7-9-17/h5-15H,4,16H2,1-3H3/q+1. The van der Waals surface area contributed by atoms with Crippen LogP contribution in [0.4, 0.5) is 0 Å². The van der Waals surface area contributed by atoms with E-state index >= 15 is 0 Å². The van der Waals surface area contributed by atoms with Gasteiger partial charge in [0.15, 0.2) is 11.5 Å². The predicted molar refractivity (Wildman–Crippen MR) is 124 cm³/mol. The smallest absolute Gasteiger partial charge is 0.211 e. The lowest BCUT2D eigenvalue weighted by molar-refractivity contribution is 0.101. The van der Waals surface area contributed by atoms with Crippen molar-refractivity contribution in [3.63, 3.8) is 0 Å². The average Bonchev–Trinajstić information content (AvgIpc) is 3.04. The van der Waals surface area contributed by atoms with Crippen molar-refractivity contribution in [3.05, 3.63) is 83.4 Å². The van der Waals surface area contributed by atoms with Gasteiger partial charge in [-0.1, -0.05) is 30.3 Å². The molecule has 0 radical (unpaired) electrons. The Bertz CT molecular complexity index is 1330. The molecule has 1 heterocycles. The molecule has 1 aromatic heterocycles. The van der Waals surface area contributed by atoms with Gasteiger partial charge >= 0.3 is 0 Å². The average molecular weight is 419 g/mol. The third-order valence-corrected chi connectivity index (χ3v) is 6.24. The van der Waals surface area contributed by atoms with Crippen molar-refractivity contribution in [1.29, 1.82) is 0 Å². The minimum Gasteiger partial charge on any atom is -0.341 e. The fraction of sp³-hybridized carbons (Fsp3) is 0.200. The molecule has 0 unspecified atom stereocenters. The highest BCUT2D eigenvalue weighted by atomic mass is 32.2. The van der Waals surface area contributed by atoms with Crippen LogP contribution < -0.4 is 0 Å². The van der Waals surface area contributed by atoms with Gasteiger partial charge in [-0.05, 0) is 43.3 Å². The maximum atomic E-state index is 12.9. The number of fused-ring (bicyclic) bond motifs is 3. The number of carbonyl (C=O) groups is 2. The van der Waals surface area contributed by atoms with Crippen molar-refractivity contribution < 1.29 is 13.8 Å². The lowest BCUT2D eigenvalue weighted by Crippen LogP contribution is -2.19. The molecule has 0 atom stereocenters. The third kappa shape index (κ3) is 3.73. The summed E-state index contributed by atoms with van der Waals surface area (Å²) < 4.78 is 14.3. The summed E-state index contributed by atoms with van der Waals surface area (Å²) >= 11 is 0. The summed E-state index contributed by atoms with van der Waals surface area (Å²) in [5.74, 6) is -0.123. The summed E-state index contributed by atoms with van der Waals surface area (Å²) in [7, 11) is -2.16. The van der Waals surface area contributed by atoms with E-state index in [1.165, 1.54) is 0 Å². The van der Waals surface area contributed by atoms with E-state index in [0.29, 0.717) is 16.7 Å². The Kier molecular flexibility index (Phi) is 5.16. The molecule has 0 aliphatic rings. The van der Waals surface area contributed by atoms with Gasteiger partial charge in [-0.15, -0.1) is 4.21 Å². The summed E-state index contributed by atoms with van der Waals surface area (Å²) in [6.07, 6.45) is 3.21. The SMILES string of the molecule is CCn1c2ccc(C(=O)C[S+](C)(C)=O)cc2c2cc(C(=O)c3ccccc3)ccc21. The molecule has 152 valence electrons. The van der Waals surface area contributed by atoms with Crippen LogP contribution in [0.2, 0.25) is 0 Å². The third-order valence-electron chi connectivity index (χ3n) is 5.28. The number of aryl methyl sites for hydroxylation is 1. The quantitative estimate of drug-likeness (QED) is 0.327. The number of hydrogen-bond acceptors (Lipinski definition) is 3. The minimum atomic E-state index is -2.16. The Morgan fingerprint density at radius 2 is 1.37 bits per heavy atom. The first-order chi connectivity index (χ1) is 14.3. The topological polar surface area (TPSA) is 56.1 Å². The molecule has 5 heteroatoms. The van der Waals surface area contributed by atoms with E-state index in [0.717, 1.165) is 28.4 Å². The monoisotopic (exact) mass is 418 g/mol. The molecule has 0 aliphatic carbocycles. The molecule has 3 aromatic carbocycles. The lowest BCUT2D eigenvalue weighted by Gasteiger charge is -2.05. The van der Waals surface area contributed by atoms with E-state index < -0.39 is 9.93 Å². The van der Waals surface area contributed by atoms with Crippen LogP contribution in [0, 0.1) is 0 Å². The Balaban J connectivity index is 1.88. The van der Waals surface area contributed by atoms with Crippen LogP contribution in [0.3, 0.4) is 0 Å². The molecule has 4 rings (SSSR count). The zero-order valence-electron chi connectivity index (χ0n) is 17.3. The van der Waals surface area contributed by atoms with E-state index in [-0.39, 0.29) is 17.3 Å². The number of hydrogen-bond donors (Lipinski definition) is 0. The second-order valence-electron chi connectivity index (χ2n) is 7.91. The zero-order chi connectivity index (χ0) is 21.5. The summed E-state index contributed by atoms with van der Waals surface area (Å²) in [5.41, 5.74) is 3.85. The molecule has 0 bridgehead atoms. The van der Waals surface area contributed by atoms with Crippen LogP contribution in [-0.4, -0.2) is 34.4 Å². The van der Waals surface area contributed by atoms with Crippen LogP contribution in [0.15, 0.2) is 66.7 Å². The van der Waals surface area contributed by atoms with Crippen molar-refractivity contribution in [1.82, 2.24) is 4.57 Å². The Morgan fingerprint density at radius 1 is 0.800 bits per heavy atom. The number of aromatic nitrogens is 1. The summed E-state index contributed by atoms with van der Waals surface area (Å²) in [6.45, 7) is 2.85. The van der Waals surface area contributed by atoms with Gasteiger partial charge < -0.3 is 4.57 Å². The molecule has 0 aliphatic heterocycles. The zero-order valence-corrected chi connectivity index (χ0v) is 18.2. The van der Waals surface area contributed by atoms with Gasteiger partial charge in [-0.3, -0.25) is 9.59 Å². The van der Waals surface area contributed by atoms with Crippen molar-refractivity contribution in [2.24, 2.45) is 0 Å². The molecular weight excluding hydrogens is 394 g/mol. The largest absolute Gasteiger partial charge is 0.341 e. The number of rotatable bonds is 6. The molecule has 4 aromatic rings. The van der Waals surface area contributed by atoms with Crippen LogP contribution in [-0.2, 0) is 20.7 Å². The highest BCUT2D eigenvalue weighted by Crippen LogP contribution is 2.31. The van der Waals surface area contributed by atoms with E-state index in [1.54, 1.807) is 18.6 Å². The number of nitrogens with zero attached hydrogens (tertiary/aromatic N) is 1. The highest BCUT2D eigenvalue weighted by molar-refractivity contribution is 8.02. The van der Waals surface area contributed by atoms with Crippen molar-refractivity contribution >= 4 is 43.3 Å². The molecule has 0 spiro atoms. The van der Waals surface area contributed by atoms with Crippen molar-refractivity contribution in [3.8, 4) is 0 Å². The fourth-order valence-electron chi connectivity index (χ4n) is 3.91. The van der Waals surface area contributed by atoms with Gasteiger partial charge in [0.25, 0.3) is 0 Å². The molecule has 0 saturated carbocycles. The van der Waals surface area contributed by atoms with Gasteiger partial charge in [-0.25, -0.2) is 0 Å². The van der Waals surface area contributed by atoms with Gasteiger partial charge in [-0.2, -0.15) is 0 Å². The van der Waals surface area contributed by atoms with Crippen LogP contribution >= 0.6 is 0 Å². The molecule has 0 amide bonds. The summed E-state index contributed by atoms with van der Waals surface area (Å²) in [5, 5.41) is 1.87. The second-order valence-corrected chi connectivity index (χ2v) is 11.1. The molecular formula is C25H24NO3S+. The van der Waals surface area contributed by atoms with E-state index in [1.807, 2.05) is 60.7 Å². The summed E-state index contributed by atoms with van der Waals surface area (Å²) in [6, 6.07) is 20.6. The van der Waals surface area contributed by atoms with Gasteiger partial charge in [0.2, 0.25) is 5.78 Å².